The first-order valence-electron chi connectivity index (χ1n) is 6.62. The Morgan fingerprint density at radius 2 is 1.85 bits per heavy atom. The lowest BCUT2D eigenvalue weighted by Gasteiger charge is -2.11. The third-order valence-corrected chi connectivity index (χ3v) is 4.11. The van der Waals surface area contributed by atoms with E-state index in [-0.39, 0.29) is 5.78 Å². The molecule has 0 amide bonds. The van der Waals surface area contributed by atoms with E-state index in [0.717, 1.165) is 21.3 Å². The molecule has 0 atom stereocenters. The number of carbonyl (C=O) groups excluding carboxylic acids is 1. The van der Waals surface area contributed by atoms with Gasteiger partial charge in [-0.15, -0.1) is 0 Å². The van der Waals surface area contributed by atoms with Gasteiger partial charge in [0.1, 0.15) is 12.4 Å². The zero-order valence-corrected chi connectivity index (χ0v) is 13.8. The Morgan fingerprint density at radius 3 is 2.45 bits per heavy atom. The van der Waals surface area contributed by atoms with E-state index < -0.39 is 0 Å². The van der Waals surface area contributed by atoms with Gasteiger partial charge in [0.05, 0.1) is 0 Å². The third kappa shape index (κ3) is 3.60. The fourth-order valence-corrected chi connectivity index (χ4v) is 2.94. The summed E-state index contributed by atoms with van der Waals surface area (Å²) in [4.78, 5) is 11.4. The first-order chi connectivity index (χ1) is 9.61. The van der Waals surface area contributed by atoms with E-state index in [1.54, 1.807) is 6.92 Å². The molecule has 3 heteroatoms. The van der Waals surface area contributed by atoms with Crippen molar-refractivity contribution in [2.45, 2.75) is 26.9 Å². The molecule has 104 valence electrons. The summed E-state index contributed by atoms with van der Waals surface area (Å²) in [7, 11) is 0. The predicted molar refractivity (Wildman–Crippen MR) is 89.3 cm³/mol. The molecule has 0 bridgehead atoms. The molecule has 0 N–H and O–H groups in total. The van der Waals surface area contributed by atoms with E-state index >= 15 is 0 Å². The average Bonchev–Trinajstić information content (AvgIpc) is 2.45. The molecule has 0 spiro atoms. The summed E-state index contributed by atoms with van der Waals surface area (Å²) in [6.45, 7) is 4.28. The van der Waals surface area contributed by atoms with Gasteiger partial charge >= 0.3 is 0 Å². The lowest BCUT2D eigenvalue weighted by molar-refractivity contribution is 0.101. The maximum absolute atomic E-state index is 11.4. The van der Waals surface area contributed by atoms with Crippen molar-refractivity contribution >= 4 is 28.4 Å². The molecule has 2 aromatic carbocycles. The van der Waals surface area contributed by atoms with Gasteiger partial charge in [0.15, 0.2) is 5.78 Å². The fourth-order valence-electron chi connectivity index (χ4n) is 2.08. The Balaban J connectivity index is 2.11. The van der Waals surface area contributed by atoms with E-state index in [9.17, 15) is 4.79 Å². The molecule has 0 unspecified atom stereocenters. The second-order valence-electron chi connectivity index (χ2n) is 4.61. The van der Waals surface area contributed by atoms with Crippen LogP contribution in [0.5, 0.6) is 5.75 Å². The van der Waals surface area contributed by atoms with Gasteiger partial charge in [-0.2, -0.15) is 0 Å². The Labute approximate surface area is 133 Å². The number of ketones is 1. The summed E-state index contributed by atoms with van der Waals surface area (Å²) in [5, 5.41) is 0. The van der Waals surface area contributed by atoms with Gasteiger partial charge in [0.2, 0.25) is 0 Å². The number of benzene rings is 2. The van der Waals surface area contributed by atoms with Crippen molar-refractivity contribution in [2.75, 3.05) is 0 Å². The lowest BCUT2D eigenvalue weighted by atomic mass is 10.1. The summed E-state index contributed by atoms with van der Waals surface area (Å²) in [5.74, 6) is 0.877. The van der Waals surface area contributed by atoms with Crippen LogP contribution < -0.4 is 4.74 Å². The first-order valence-corrected chi connectivity index (χ1v) is 7.69. The summed E-state index contributed by atoms with van der Waals surface area (Å²) in [5.41, 5.74) is 3.26. The average molecular weight is 380 g/mol. The van der Waals surface area contributed by atoms with E-state index in [1.807, 2.05) is 30.3 Å². The number of aryl methyl sites for hydroxylation is 1. The largest absolute Gasteiger partial charge is 0.489 e. The molecular weight excluding hydrogens is 363 g/mol. The highest BCUT2D eigenvalue weighted by Gasteiger charge is 2.07. The standard InChI is InChI=1S/C17H17IO2/c1-3-13-6-4-5-7-14(13)11-20-15-8-9-16(12(2)19)17(18)10-15/h4-10H,3,11H2,1-2H3. The van der Waals surface area contributed by atoms with Crippen molar-refractivity contribution in [2.24, 2.45) is 0 Å². The van der Waals surface area contributed by atoms with Crippen LogP contribution in [0.4, 0.5) is 0 Å². The molecule has 0 aromatic heterocycles. The molecule has 0 aliphatic heterocycles. The summed E-state index contributed by atoms with van der Waals surface area (Å²) < 4.78 is 6.76. The van der Waals surface area contributed by atoms with Crippen molar-refractivity contribution in [3.63, 3.8) is 0 Å². The maximum Gasteiger partial charge on any atom is 0.160 e. The van der Waals surface area contributed by atoms with Gasteiger partial charge in [0.25, 0.3) is 0 Å². The van der Waals surface area contributed by atoms with Crippen LogP contribution in [-0.2, 0) is 13.0 Å². The van der Waals surface area contributed by atoms with E-state index in [1.165, 1.54) is 11.1 Å². The number of rotatable bonds is 5. The molecule has 2 aromatic rings. The molecule has 0 aliphatic rings. The molecule has 20 heavy (non-hydrogen) atoms. The van der Waals surface area contributed by atoms with Crippen LogP contribution in [0.25, 0.3) is 0 Å². The molecule has 0 saturated heterocycles. The minimum absolute atomic E-state index is 0.0808. The molecule has 0 fully saturated rings. The Morgan fingerprint density at radius 1 is 1.15 bits per heavy atom. The summed E-state index contributed by atoms with van der Waals surface area (Å²) >= 11 is 2.17. The molecule has 0 heterocycles. The SMILES string of the molecule is CCc1ccccc1COc1ccc(C(C)=O)c(I)c1. The molecule has 0 saturated carbocycles. The van der Waals surface area contributed by atoms with Crippen LogP contribution in [-0.4, -0.2) is 5.78 Å². The van der Waals surface area contributed by atoms with Crippen molar-refractivity contribution < 1.29 is 9.53 Å². The molecule has 2 rings (SSSR count). The van der Waals surface area contributed by atoms with Crippen molar-refractivity contribution in [3.8, 4) is 5.75 Å². The van der Waals surface area contributed by atoms with E-state index in [0.29, 0.717) is 6.61 Å². The normalized spacial score (nSPS) is 10.3. The number of hydrogen-bond donors (Lipinski definition) is 0. The van der Waals surface area contributed by atoms with Gasteiger partial charge < -0.3 is 4.74 Å². The van der Waals surface area contributed by atoms with Gasteiger partial charge in [-0.1, -0.05) is 31.2 Å². The third-order valence-electron chi connectivity index (χ3n) is 3.21. The second kappa shape index (κ2) is 6.88. The van der Waals surface area contributed by atoms with Crippen LogP contribution in [0.15, 0.2) is 42.5 Å². The Bertz CT molecular complexity index is 620. The second-order valence-corrected chi connectivity index (χ2v) is 5.77. The van der Waals surface area contributed by atoms with Crippen LogP contribution in [0.2, 0.25) is 0 Å². The highest BCUT2D eigenvalue weighted by atomic mass is 127. The Kier molecular flexibility index (Phi) is 5.17. The van der Waals surface area contributed by atoms with Gasteiger partial charge in [0, 0.05) is 9.13 Å². The maximum atomic E-state index is 11.4. The quantitative estimate of drug-likeness (QED) is 0.558. The van der Waals surface area contributed by atoms with E-state index in [4.69, 9.17) is 4.74 Å². The number of carbonyl (C=O) groups is 1. The monoisotopic (exact) mass is 380 g/mol. The minimum Gasteiger partial charge on any atom is -0.489 e. The number of Topliss-reactive ketones (excluding diaryl/α,β-unsaturated/α-hetero) is 1. The molecule has 2 nitrogen and oxygen atoms in total. The zero-order chi connectivity index (χ0) is 14.5. The van der Waals surface area contributed by atoms with Gasteiger partial charge in [-0.3, -0.25) is 4.79 Å². The van der Waals surface area contributed by atoms with E-state index in [2.05, 4.69) is 41.6 Å². The van der Waals surface area contributed by atoms with Crippen LogP contribution >= 0.6 is 22.6 Å². The smallest absolute Gasteiger partial charge is 0.160 e. The molecular formula is C17H17IO2. The van der Waals surface area contributed by atoms with Crippen molar-refractivity contribution in [1.82, 2.24) is 0 Å². The molecule has 0 aliphatic carbocycles. The first kappa shape index (κ1) is 15.0. The van der Waals surface area contributed by atoms with Gasteiger partial charge in [-0.25, -0.2) is 0 Å². The van der Waals surface area contributed by atoms with Crippen LogP contribution in [0.1, 0.15) is 35.3 Å². The fraction of sp³-hybridized carbons (Fsp3) is 0.235. The highest BCUT2D eigenvalue weighted by Crippen LogP contribution is 2.21. The number of ether oxygens (including phenoxy) is 1. The summed E-state index contributed by atoms with van der Waals surface area (Å²) in [6.07, 6.45) is 1.00. The lowest BCUT2D eigenvalue weighted by Crippen LogP contribution is -2.01. The highest BCUT2D eigenvalue weighted by molar-refractivity contribution is 14.1. The number of halogens is 1. The summed E-state index contributed by atoms with van der Waals surface area (Å²) in [6, 6.07) is 13.9. The van der Waals surface area contributed by atoms with Crippen molar-refractivity contribution in [3.05, 3.63) is 62.7 Å². The Hall–Kier alpha value is -1.36. The van der Waals surface area contributed by atoms with Crippen molar-refractivity contribution in [1.29, 1.82) is 0 Å². The molecule has 0 radical (unpaired) electrons. The zero-order valence-electron chi connectivity index (χ0n) is 11.7. The van der Waals surface area contributed by atoms with Gasteiger partial charge in [-0.05, 0) is 65.3 Å². The number of hydrogen-bond acceptors (Lipinski definition) is 2. The minimum atomic E-state index is 0.0808. The topological polar surface area (TPSA) is 26.3 Å². The predicted octanol–water partition coefficient (Wildman–Crippen LogP) is 4.64. The van der Waals surface area contributed by atoms with Crippen LogP contribution in [0, 0.1) is 3.57 Å². The van der Waals surface area contributed by atoms with Crippen LogP contribution in [0.3, 0.4) is 0 Å².